The number of methoxy groups -OCH3 is 1. The maximum Gasteiger partial charge on any atom is 0.305 e. The van der Waals surface area contributed by atoms with Gasteiger partial charge in [0.25, 0.3) is 5.91 Å². The van der Waals surface area contributed by atoms with Gasteiger partial charge in [-0.1, -0.05) is 12.1 Å². The maximum absolute atomic E-state index is 13.1. The Morgan fingerprint density at radius 2 is 1.93 bits per heavy atom. The summed E-state index contributed by atoms with van der Waals surface area (Å²) in [6.45, 7) is 0.721. The number of benzene rings is 2. The van der Waals surface area contributed by atoms with Crippen LogP contribution >= 0.6 is 0 Å². The van der Waals surface area contributed by atoms with Gasteiger partial charge in [0, 0.05) is 5.56 Å². The van der Waals surface area contributed by atoms with Crippen LogP contribution in [0.25, 0.3) is 0 Å². The van der Waals surface area contributed by atoms with Crippen molar-refractivity contribution < 1.29 is 33.3 Å². The molecule has 8 heteroatoms. The van der Waals surface area contributed by atoms with E-state index in [4.69, 9.17) is 19.3 Å². The third kappa shape index (κ3) is 4.28. The summed E-state index contributed by atoms with van der Waals surface area (Å²) >= 11 is 0. The molecule has 0 fully saturated rings. The maximum atomic E-state index is 13.1. The molecule has 1 atom stereocenters. The van der Waals surface area contributed by atoms with E-state index in [1.807, 2.05) is 0 Å². The third-order valence-electron chi connectivity index (χ3n) is 4.05. The van der Waals surface area contributed by atoms with Crippen LogP contribution in [0, 0.1) is 5.82 Å². The summed E-state index contributed by atoms with van der Waals surface area (Å²) in [6, 6.07) is 7.48. The second-order valence-electron chi connectivity index (χ2n) is 5.88. The average molecular weight is 375 g/mol. The minimum absolute atomic E-state index is 0.230. The number of rotatable bonds is 6. The van der Waals surface area contributed by atoms with Gasteiger partial charge in [0.2, 0.25) is 5.75 Å². The Morgan fingerprint density at radius 3 is 2.59 bits per heavy atom. The molecule has 1 amide bonds. The minimum atomic E-state index is -1.09. The van der Waals surface area contributed by atoms with Crippen LogP contribution in [0.2, 0.25) is 0 Å². The van der Waals surface area contributed by atoms with Crippen LogP contribution in [-0.4, -0.2) is 37.3 Å². The number of amides is 1. The van der Waals surface area contributed by atoms with Gasteiger partial charge < -0.3 is 24.6 Å². The normalized spacial score (nSPS) is 13.6. The summed E-state index contributed by atoms with van der Waals surface area (Å²) in [5.41, 5.74) is 0.713. The molecule has 27 heavy (non-hydrogen) atoms. The smallest absolute Gasteiger partial charge is 0.305 e. The van der Waals surface area contributed by atoms with Gasteiger partial charge in [-0.2, -0.15) is 0 Å². The molecule has 0 aromatic heterocycles. The molecule has 0 saturated carbocycles. The number of halogens is 1. The quantitative estimate of drug-likeness (QED) is 0.806. The van der Waals surface area contributed by atoms with Gasteiger partial charge in [-0.3, -0.25) is 9.59 Å². The van der Waals surface area contributed by atoms with Gasteiger partial charge in [-0.05, 0) is 29.8 Å². The van der Waals surface area contributed by atoms with E-state index in [9.17, 15) is 14.0 Å². The first-order valence-corrected chi connectivity index (χ1v) is 8.23. The fourth-order valence-electron chi connectivity index (χ4n) is 2.77. The summed E-state index contributed by atoms with van der Waals surface area (Å²) in [7, 11) is 1.45. The molecule has 0 bridgehead atoms. The Kier molecular flexibility index (Phi) is 5.44. The molecule has 7 nitrogen and oxygen atoms in total. The van der Waals surface area contributed by atoms with Gasteiger partial charge >= 0.3 is 5.97 Å². The molecule has 3 rings (SSSR count). The van der Waals surface area contributed by atoms with Crippen LogP contribution < -0.4 is 19.5 Å². The van der Waals surface area contributed by atoms with Crippen LogP contribution in [-0.2, 0) is 4.79 Å². The molecule has 0 saturated heterocycles. The third-order valence-corrected chi connectivity index (χ3v) is 4.05. The van der Waals surface area contributed by atoms with E-state index in [0.717, 1.165) is 0 Å². The molecular weight excluding hydrogens is 357 g/mol. The first kappa shape index (κ1) is 18.5. The molecule has 142 valence electrons. The van der Waals surface area contributed by atoms with Crippen LogP contribution in [0.3, 0.4) is 0 Å². The summed E-state index contributed by atoms with van der Waals surface area (Å²) in [5, 5.41) is 11.8. The zero-order valence-electron chi connectivity index (χ0n) is 14.5. The van der Waals surface area contributed by atoms with Crippen LogP contribution in [0.5, 0.6) is 17.2 Å². The lowest BCUT2D eigenvalue weighted by Crippen LogP contribution is -2.30. The summed E-state index contributed by atoms with van der Waals surface area (Å²) in [4.78, 5) is 23.9. The van der Waals surface area contributed by atoms with Crippen molar-refractivity contribution in [3.05, 3.63) is 53.3 Å². The Morgan fingerprint density at radius 1 is 1.22 bits per heavy atom. The fraction of sp³-hybridized carbons (Fsp3) is 0.263. The number of carbonyl (C=O) groups excluding carboxylic acids is 1. The largest absolute Gasteiger partial charge is 0.493 e. The topological polar surface area (TPSA) is 94.1 Å². The van der Waals surface area contributed by atoms with Crippen molar-refractivity contribution in [2.45, 2.75) is 12.5 Å². The number of fused-ring (bicyclic) bond motifs is 1. The zero-order valence-corrected chi connectivity index (χ0v) is 14.5. The Bertz CT molecular complexity index is 835. The minimum Gasteiger partial charge on any atom is -0.493 e. The number of carboxylic acid groups (broad SMARTS) is 1. The number of hydrogen-bond donors (Lipinski definition) is 2. The lowest BCUT2D eigenvalue weighted by molar-refractivity contribution is -0.137. The highest BCUT2D eigenvalue weighted by molar-refractivity contribution is 5.96. The molecule has 1 unspecified atom stereocenters. The van der Waals surface area contributed by atoms with Crippen LogP contribution in [0.15, 0.2) is 36.4 Å². The average Bonchev–Trinajstić information content (AvgIpc) is 2.66. The first-order chi connectivity index (χ1) is 13.0. The van der Waals surface area contributed by atoms with Crippen molar-refractivity contribution in [1.82, 2.24) is 5.32 Å². The van der Waals surface area contributed by atoms with E-state index in [1.54, 1.807) is 0 Å². The van der Waals surface area contributed by atoms with Crippen molar-refractivity contribution in [2.24, 2.45) is 0 Å². The Balaban J connectivity index is 1.87. The van der Waals surface area contributed by atoms with Crippen molar-refractivity contribution in [3.63, 3.8) is 0 Å². The zero-order chi connectivity index (χ0) is 19.4. The van der Waals surface area contributed by atoms with Crippen molar-refractivity contribution in [2.75, 3.05) is 20.3 Å². The first-order valence-electron chi connectivity index (χ1n) is 8.23. The predicted molar refractivity (Wildman–Crippen MR) is 92.8 cm³/mol. The Hall–Kier alpha value is -3.29. The lowest BCUT2D eigenvalue weighted by Gasteiger charge is -2.22. The van der Waals surface area contributed by atoms with E-state index in [0.29, 0.717) is 36.0 Å². The lowest BCUT2D eigenvalue weighted by atomic mass is 10.0. The molecule has 2 N–H and O–H groups in total. The molecule has 0 aliphatic carbocycles. The monoisotopic (exact) mass is 375 g/mol. The van der Waals surface area contributed by atoms with Gasteiger partial charge in [0.05, 0.1) is 19.6 Å². The molecule has 1 aliphatic rings. The SMILES string of the molecule is COc1cc(C(=O)NC(CC(=O)O)c2ccc(F)cc2)cc2c1OCCO2. The molecule has 2 aromatic carbocycles. The highest BCUT2D eigenvalue weighted by atomic mass is 19.1. The van der Waals surface area contributed by atoms with Crippen molar-refractivity contribution in [3.8, 4) is 17.2 Å². The second-order valence-corrected chi connectivity index (χ2v) is 5.88. The highest BCUT2D eigenvalue weighted by Crippen LogP contribution is 2.40. The van der Waals surface area contributed by atoms with Crippen molar-refractivity contribution in [1.29, 1.82) is 0 Å². The van der Waals surface area contributed by atoms with E-state index in [2.05, 4.69) is 5.32 Å². The van der Waals surface area contributed by atoms with Gasteiger partial charge in [-0.25, -0.2) is 4.39 Å². The van der Waals surface area contributed by atoms with E-state index < -0.39 is 23.7 Å². The predicted octanol–water partition coefficient (Wildman–Crippen LogP) is 2.55. The Labute approximate surface area is 154 Å². The molecule has 0 spiro atoms. The number of hydrogen-bond acceptors (Lipinski definition) is 5. The number of aliphatic carboxylic acids is 1. The molecular formula is C19H18FNO6. The molecule has 1 heterocycles. The van der Waals surface area contributed by atoms with Gasteiger partial charge in [-0.15, -0.1) is 0 Å². The summed E-state index contributed by atoms with van der Waals surface area (Å²) < 4.78 is 29.4. The van der Waals surface area contributed by atoms with E-state index >= 15 is 0 Å². The highest BCUT2D eigenvalue weighted by Gasteiger charge is 2.23. The number of ether oxygens (including phenoxy) is 3. The van der Waals surface area contributed by atoms with Gasteiger partial charge in [0.15, 0.2) is 11.5 Å². The summed E-state index contributed by atoms with van der Waals surface area (Å²) in [6.07, 6.45) is -0.348. The van der Waals surface area contributed by atoms with Crippen LogP contribution in [0.4, 0.5) is 4.39 Å². The summed E-state index contributed by atoms with van der Waals surface area (Å²) in [5.74, 6) is -0.918. The number of carboxylic acids is 1. The molecule has 2 aromatic rings. The molecule has 1 aliphatic heterocycles. The fourth-order valence-corrected chi connectivity index (χ4v) is 2.77. The van der Waals surface area contributed by atoms with Crippen molar-refractivity contribution >= 4 is 11.9 Å². The number of nitrogens with one attached hydrogen (secondary N) is 1. The molecule has 0 radical (unpaired) electrons. The standard InChI is InChI=1S/C19H18FNO6/c1-25-15-8-12(9-16-18(15)27-7-6-26-16)19(24)21-14(10-17(22)23)11-2-4-13(20)5-3-11/h2-5,8-9,14H,6-7,10H2,1H3,(H,21,24)(H,22,23). The van der Waals surface area contributed by atoms with Crippen LogP contribution in [0.1, 0.15) is 28.4 Å². The van der Waals surface area contributed by atoms with E-state index in [-0.39, 0.29) is 12.0 Å². The number of carbonyl (C=O) groups is 2. The second kappa shape index (κ2) is 7.94. The van der Waals surface area contributed by atoms with Gasteiger partial charge in [0.1, 0.15) is 19.0 Å². The van der Waals surface area contributed by atoms with E-state index in [1.165, 1.54) is 43.5 Å².